The van der Waals surface area contributed by atoms with Crippen molar-refractivity contribution in [2.45, 2.75) is 39.5 Å². The molecule has 0 radical (unpaired) electrons. The zero-order valence-electron chi connectivity index (χ0n) is 13.3. The van der Waals surface area contributed by atoms with E-state index in [1.54, 1.807) is 6.07 Å². The maximum atomic E-state index is 11.7. The van der Waals surface area contributed by atoms with E-state index >= 15 is 0 Å². The van der Waals surface area contributed by atoms with Gasteiger partial charge in [-0.3, -0.25) is 4.79 Å². The van der Waals surface area contributed by atoms with E-state index < -0.39 is 0 Å². The monoisotopic (exact) mass is 299 g/mol. The molecule has 2 aromatic rings. The van der Waals surface area contributed by atoms with Crippen molar-refractivity contribution >= 4 is 5.95 Å². The molecule has 0 amide bonds. The van der Waals surface area contributed by atoms with Crippen LogP contribution in [0.15, 0.2) is 16.9 Å². The lowest BCUT2D eigenvalue weighted by Crippen LogP contribution is -2.36. The van der Waals surface area contributed by atoms with Gasteiger partial charge in [0.05, 0.1) is 5.69 Å². The molecule has 2 aromatic heterocycles. The molecule has 0 unspecified atom stereocenters. The molecule has 6 heteroatoms. The van der Waals surface area contributed by atoms with E-state index in [4.69, 9.17) is 0 Å². The van der Waals surface area contributed by atoms with Crippen molar-refractivity contribution in [3.8, 4) is 0 Å². The van der Waals surface area contributed by atoms with E-state index in [1.807, 2.05) is 26.8 Å². The van der Waals surface area contributed by atoms with Crippen molar-refractivity contribution < 1.29 is 0 Å². The third-order valence-corrected chi connectivity index (χ3v) is 3.97. The topological polar surface area (TPSA) is 74.8 Å². The van der Waals surface area contributed by atoms with Crippen LogP contribution in [0.4, 0.5) is 5.95 Å². The second-order valence-electron chi connectivity index (χ2n) is 5.99. The highest BCUT2D eigenvalue weighted by Crippen LogP contribution is 2.27. The summed E-state index contributed by atoms with van der Waals surface area (Å²) in [5, 5.41) is 0. The standard InChI is InChI=1S/C16H21N5O/c1-10-7-11(2)18-16(17-10)21-6-4-5-13(9-21)14-8-15(22)20-12(3)19-14/h7-8,13H,4-6,9H2,1-3H3,(H,19,20,22)/t13-/m1/s1. The molecule has 116 valence electrons. The van der Waals surface area contributed by atoms with E-state index in [9.17, 15) is 4.79 Å². The van der Waals surface area contributed by atoms with Gasteiger partial charge in [0.15, 0.2) is 0 Å². The average molecular weight is 299 g/mol. The van der Waals surface area contributed by atoms with Gasteiger partial charge < -0.3 is 9.88 Å². The summed E-state index contributed by atoms with van der Waals surface area (Å²) >= 11 is 0. The zero-order valence-corrected chi connectivity index (χ0v) is 13.3. The normalized spacial score (nSPS) is 18.5. The molecule has 1 atom stereocenters. The van der Waals surface area contributed by atoms with Crippen LogP contribution in [0.5, 0.6) is 0 Å². The molecule has 0 bridgehead atoms. The molecule has 0 saturated carbocycles. The Morgan fingerprint density at radius 2 is 1.86 bits per heavy atom. The fourth-order valence-corrected chi connectivity index (χ4v) is 3.06. The number of aryl methyl sites for hydroxylation is 3. The van der Waals surface area contributed by atoms with Crippen molar-refractivity contribution in [1.29, 1.82) is 0 Å². The van der Waals surface area contributed by atoms with Crippen LogP contribution in [-0.2, 0) is 0 Å². The molecule has 1 N–H and O–H groups in total. The number of hydrogen-bond donors (Lipinski definition) is 1. The Labute approximate surface area is 129 Å². The first kappa shape index (κ1) is 14.7. The van der Waals surface area contributed by atoms with Gasteiger partial charge in [0.2, 0.25) is 5.95 Å². The number of piperidine rings is 1. The number of hydrogen-bond acceptors (Lipinski definition) is 5. The summed E-state index contributed by atoms with van der Waals surface area (Å²) in [6, 6.07) is 3.59. The van der Waals surface area contributed by atoms with Crippen molar-refractivity contribution in [2.75, 3.05) is 18.0 Å². The number of aromatic nitrogens is 4. The van der Waals surface area contributed by atoms with Gasteiger partial charge in [0, 0.05) is 36.5 Å². The maximum absolute atomic E-state index is 11.7. The van der Waals surface area contributed by atoms with Gasteiger partial charge in [-0.15, -0.1) is 0 Å². The van der Waals surface area contributed by atoms with Crippen LogP contribution in [0.25, 0.3) is 0 Å². The lowest BCUT2D eigenvalue weighted by atomic mass is 9.94. The molecule has 1 aliphatic heterocycles. The number of nitrogens with one attached hydrogen (secondary N) is 1. The summed E-state index contributed by atoms with van der Waals surface area (Å²) in [7, 11) is 0. The van der Waals surface area contributed by atoms with Gasteiger partial charge in [0.25, 0.3) is 5.56 Å². The molecular weight excluding hydrogens is 278 g/mol. The highest BCUT2D eigenvalue weighted by atomic mass is 16.1. The summed E-state index contributed by atoms with van der Waals surface area (Å²) in [6.07, 6.45) is 2.09. The highest BCUT2D eigenvalue weighted by Gasteiger charge is 2.24. The number of aromatic amines is 1. The minimum Gasteiger partial charge on any atom is -0.340 e. The zero-order chi connectivity index (χ0) is 15.7. The lowest BCUT2D eigenvalue weighted by molar-refractivity contribution is 0.492. The summed E-state index contributed by atoms with van der Waals surface area (Å²) in [6.45, 7) is 7.54. The van der Waals surface area contributed by atoms with Crippen molar-refractivity contribution in [1.82, 2.24) is 19.9 Å². The van der Waals surface area contributed by atoms with Gasteiger partial charge >= 0.3 is 0 Å². The smallest absolute Gasteiger partial charge is 0.251 e. The van der Waals surface area contributed by atoms with E-state index in [-0.39, 0.29) is 11.5 Å². The first-order chi connectivity index (χ1) is 10.5. The van der Waals surface area contributed by atoms with Crippen LogP contribution in [-0.4, -0.2) is 33.0 Å². The molecule has 3 rings (SSSR count). The Bertz CT molecular complexity index is 719. The van der Waals surface area contributed by atoms with E-state index in [2.05, 4.69) is 24.8 Å². The first-order valence-electron chi connectivity index (χ1n) is 7.66. The SMILES string of the molecule is Cc1cc(C)nc(N2CCC[C@@H](c3cc(=O)[nH]c(C)n3)C2)n1. The van der Waals surface area contributed by atoms with Crippen LogP contribution >= 0.6 is 0 Å². The van der Waals surface area contributed by atoms with Crippen LogP contribution in [0.2, 0.25) is 0 Å². The summed E-state index contributed by atoms with van der Waals surface area (Å²) in [5.41, 5.74) is 2.75. The molecule has 1 fully saturated rings. The quantitative estimate of drug-likeness (QED) is 0.916. The van der Waals surface area contributed by atoms with Gasteiger partial charge in [-0.2, -0.15) is 0 Å². The molecule has 0 aromatic carbocycles. The van der Waals surface area contributed by atoms with Crippen LogP contribution in [0.1, 0.15) is 41.7 Å². The van der Waals surface area contributed by atoms with Crippen molar-refractivity contribution in [3.05, 3.63) is 45.4 Å². The lowest BCUT2D eigenvalue weighted by Gasteiger charge is -2.32. The predicted molar refractivity (Wildman–Crippen MR) is 85.3 cm³/mol. The second-order valence-corrected chi connectivity index (χ2v) is 5.99. The third kappa shape index (κ3) is 3.16. The summed E-state index contributed by atoms with van der Waals surface area (Å²) < 4.78 is 0. The van der Waals surface area contributed by atoms with Crippen molar-refractivity contribution in [3.63, 3.8) is 0 Å². The Balaban J connectivity index is 1.86. The number of nitrogens with zero attached hydrogens (tertiary/aromatic N) is 4. The summed E-state index contributed by atoms with van der Waals surface area (Å²) in [4.78, 5) is 30.2. The molecule has 1 aliphatic rings. The minimum absolute atomic E-state index is 0.0812. The van der Waals surface area contributed by atoms with Gasteiger partial charge in [-0.1, -0.05) is 0 Å². The largest absolute Gasteiger partial charge is 0.340 e. The number of anilines is 1. The average Bonchev–Trinajstić information content (AvgIpc) is 2.45. The highest BCUT2D eigenvalue weighted by molar-refractivity contribution is 5.34. The Kier molecular flexibility index (Phi) is 3.92. The fourth-order valence-electron chi connectivity index (χ4n) is 3.06. The molecule has 1 saturated heterocycles. The number of rotatable bonds is 2. The van der Waals surface area contributed by atoms with Crippen LogP contribution < -0.4 is 10.5 Å². The van der Waals surface area contributed by atoms with Crippen LogP contribution in [0.3, 0.4) is 0 Å². The molecular formula is C16H21N5O. The Hall–Kier alpha value is -2.24. The molecule has 0 spiro atoms. The van der Waals surface area contributed by atoms with Gasteiger partial charge in [-0.05, 0) is 39.7 Å². The van der Waals surface area contributed by atoms with E-state index in [1.165, 1.54) is 0 Å². The van der Waals surface area contributed by atoms with E-state index in [0.717, 1.165) is 49.0 Å². The first-order valence-corrected chi connectivity index (χ1v) is 7.66. The molecule has 6 nitrogen and oxygen atoms in total. The predicted octanol–water partition coefficient (Wildman–Crippen LogP) is 1.87. The molecule has 22 heavy (non-hydrogen) atoms. The van der Waals surface area contributed by atoms with Gasteiger partial charge in [-0.25, -0.2) is 15.0 Å². The maximum Gasteiger partial charge on any atom is 0.251 e. The molecule has 3 heterocycles. The van der Waals surface area contributed by atoms with Gasteiger partial charge in [0.1, 0.15) is 5.82 Å². The van der Waals surface area contributed by atoms with E-state index in [0.29, 0.717) is 5.82 Å². The molecule has 0 aliphatic carbocycles. The third-order valence-electron chi connectivity index (χ3n) is 3.97. The minimum atomic E-state index is -0.0812. The Morgan fingerprint density at radius 1 is 1.14 bits per heavy atom. The second kappa shape index (κ2) is 5.87. The number of H-pyrrole nitrogens is 1. The summed E-state index contributed by atoms with van der Waals surface area (Å²) in [5.74, 6) is 1.70. The fraction of sp³-hybridized carbons (Fsp3) is 0.500. The van der Waals surface area contributed by atoms with Crippen LogP contribution in [0, 0.1) is 20.8 Å². The Morgan fingerprint density at radius 3 is 2.55 bits per heavy atom. The van der Waals surface area contributed by atoms with Crippen molar-refractivity contribution in [2.24, 2.45) is 0 Å².